The fraction of sp³-hybridized carbons (Fsp3) is 0.588. The number of hydrogen-bond donors (Lipinski definition) is 1. The summed E-state index contributed by atoms with van der Waals surface area (Å²) in [6.45, 7) is 6.95. The van der Waals surface area contributed by atoms with E-state index < -0.39 is 26.8 Å². The molecule has 24 heavy (non-hydrogen) atoms. The van der Waals surface area contributed by atoms with E-state index in [0.29, 0.717) is 19.0 Å². The Kier molecular flexibility index (Phi) is 5.98. The Balaban J connectivity index is 2.19. The molecule has 1 atom stereocenters. The molecule has 0 aromatic heterocycles. The molecule has 134 valence electrons. The van der Waals surface area contributed by atoms with Crippen LogP contribution in [0.2, 0.25) is 0 Å². The first kappa shape index (κ1) is 18.9. The fourth-order valence-corrected chi connectivity index (χ4v) is 4.21. The number of carbonyl (C=O) groups excluding carboxylic acids is 1. The van der Waals surface area contributed by atoms with Gasteiger partial charge in [0.15, 0.2) is 0 Å². The number of nitrogens with one attached hydrogen (secondary N) is 1. The summed E-state index contributed by atoms with van der Waals surface area (Å²) in [5.41, 5.74) is 0. The smallest absolute Gasteiger partial charge is 0.244 e. The third-order valence-electron chi connectivity index (χ3n) is 4.44. The van der Waals surface area contributed by atoms with Gasteiger partial charge in [-0.05, 0) is 36.8 Å². The summed E-state index contributed by atoms with van der Waals surface area (Å²) >= 11 is 0. The molecule has 1 saturated heterocycles. The first-order valence-electron chi connectivity index (χ1n) is 8.28. The van der Waals surface area contributed by atoms with Crippen LogP contribution >= 0.6 is 0 Å². The Labute approximate surface area is 143 Å². The van der Waals surface area contributed by atoms with Crippen LogP contribution in [-0.2, 0) is 14.8 Å². The predicted molar refractivity (Wildman–Crippen MR) is 90.3 cm³/mol. The lowest BCUT2D eigenvalue weighted by atomic mass is 9.97. The van der Waals surface area contributed by atoms with Crippen molar-refractivity contribution in [1.82, 2.24) is 9.62 Å². The molecule has 1 aromatic rings. The highest BCUT2D eigenvalue weighted by Crippen LogP contribution is 2.20. The number of nitrogens with zero attached hydrogens (tertiary/aromatic N) is 1. The number of likely N-dealkylation sites (tertiary alicyclic amines) is 1. The summed E-state index contributed by atoms with van der Waals surface area (Å²) in [4.78, 5) is 14.0. The van der Waals surface area contributed by atoms with Gasteiger partial charge in [-0.15, -0.1) is 0 Å². The average molecular weight is 356 g/mol. The van der Waals surface area contributed by atoms with Gasteiger partial charge in [0.1, 0.15) is 16.8 Å². The summed E-state index contributed by atoms with van der Waals surface area (Å²) in [7, 11) is -4.10. The average Bonchev–Trinajstić information content (AvgIpc) is 2.53. The standard InChI is InChI=1S/C17H25FN2O3S/c1-12(2)16(17(21)20-10-8-13(3)9-11-20)19-24(22,23)15-7-5-4-6-14(15)18/h4-7,12-13,16,19H,8-11H2,1-3H3/t16-/m0/s1. The van der Waals surface area contributed by atoms with E-state index in [1.807, 2.05) is 0 Å². The predicted octanol–water partition coefficient (Wildman–Crippen LogP) is 2.39. The minimum absolute atomic E-state index is 0.238. The van der Waals surface area contributed by atoms with Gasteiger partial charge in [-0.2, -0.15) is 4.72 Å². The summed E-state index contributed by atoms with van der Waals surface area (Å²) in [6.07, 6.45) is 1.83. The van der Waals surface area contributed by atoms with E-state index in [0.717, 1.165) is 18.9 Å². The number of sulfonamides is 1. The monoisotopic (exact) mass is 356 g/mol. The van der Waals surface area contributed by atoms with Crippen molar-refractivity contribution < 1.29 is 17.6 Å². The van der Waals surface area contributed by atoms with Gasteiger partial charge in [-0.1, -0.05) is 32.9 Å². The molecule has 1 aromatic carbocycles. The summed E-state index contributed by atoms with van der Waals surface area (Å²) < 4.78 is 41.2. The molecule has 1 amide bonds. The molecule has 1 N–H and O–H groups in total. The van der Waals surface area contributed by atoms with Crippen LogP contribution in [0.25, 0.3) is 0 Å². The molecule has 1 fully saturated rings. The zero-order valence-electron chi connectivity index (χ0n) is 14.3. The second-order valence-corrected chi connectivity index (χ2v) is 8.46. The second kappa shape index (κ2) is 7.61. The molecule has 0 unspecified atom stereocenters. The molecule has 0 aliphatic carbocycles. The van der Waals surface area contributed by atoms with E-state index in [1.54, 1.807) is 18.7 Å². The third kappa shape index (κ3) is 4.33. The van der Waals surface area contributed by atoms with Crippen molar-refractivity contribution >= 4 is 15.9 Å². The molecule has 7 heteroatoms. The molecule has 0 bridgehead atoms. The Morgan fingerprint density at radius 1 is 1.25 bits per heavy atom. The minimum Gasteiger partial charge on any atom is -0.341 e. The first-order chi connectivity index (χ1) is 11.2. The van der Waals surface area contributed by atoms with Gasteiger partial charge in [0.05, 0.1) is 0 Å². The Bertz CT molecular complexity index is 683. The zero-order chi connectivity index (χ0) is 17.9. The SMILES string of the molecule is CC1CCN(C(=O)[C@@H](NS(=O)(=O)c2ccccc2F)C(C)C)CC1. The molecular formula is C17H25FN2O3S. The van der Waals surface area contributed by atoms with Crippen LogP contribution in [0.3, 0.4) is 0 Å². The lowest BCUT2D eigenvalue weighted by molar-refractivity contribution is -0.135. The number of benzene rings is 1. The first-order valence-corrected chi connectivity index (χ1v) is 9.76. The number of halogens is 1. The van der Waals surface area contributed by atoms with E-state index in [4.69, 9.17) is 0 Å². The topological polar surface area (TPSA) is 66.5 Å². The Hall–Kier alpha value is -1.47. The molecule has 0 saturated carbocycles. The second-order valence-electron chi connectivity index (χ2n) is 6.78. The van der Waals surface area contributed by atoms with Crippen molar-refractivity contribution in [3.63, 3.8) is 0 Å². The molecule has 1 aliphatic heterocycles. The van der Waals surface area contributed by atoms with Crippen LogP contribution in [0.1, 0.15) is 33.6 Å². The number of carbonyl (C=O) groups is 1. The molecule has 2 rings (SSSR count). The quantitative estimate of drug-likeness (QED) is 0.881. The largest absolute Gasteiger partial charge is 0.341 e. The van der Waals surface area contributed by atoms with Crippen LogP contribution in [-0.4, -0.2) is 38.4 Å². The molecular weight excluding hydrogens is 331 g/mol. The lowest BCUT2D eigenvalue weighted by Crippen LogP contribution is -2.52. The van der Waals surface area contributed by atoms with E-state index in [-0.39, 0.29) is 11.8 Å². The highest BCUT2D eigenvalue weighted by Gasteiger charge is 2.33. The van der Waals surface area contributed by atoms with Crippen LogP contribution in [0.15, 0.2) is 29.2 Å². The van der Waals surface area contributed by atoms with Crippen LogP contribution < -0.4 is 4.72 Å². The van der Waals surface area contributed by atoms with Crippen LogP contribution in [0.5, 0.6) is 0 Å². The molecule has 0 radical (unpaired) electrons. The van der Waals surface area contributed by atoms with Crippen LogP contribution in [0.4, 0.5) is 4.39 Å². The lowest BCUT2D eigenvalue weighted by Gasteiger charge is -2.34. The van der Waals surface area contributed by atoms with E-state index in [1.165, 1.54) is 18.2 Å². The number of rotatable bonds is 5. The Morgan fingerprint density at radius 3 is 2.38 bits per heavy atom. The fourth-order valence-electron chi connectivity index (χ4n) is 2.79. The van der Waals surface area contributed by atoms with Crippen molar-refractivity contribution in [3.05, 3.63) is 30.1 Å². The van der Waals surface area contributed by atoms with E-state index >= 15 is 0 Å². The zero-order valence-corrected chi connectivity index (χ0v) is 15.1. The van der Waals surface area contributed by atoms with E-state index in [9.17, 15) is 17.6 Å². The van der Waals surface area contributed by atoms with Crippen LogP contribution in [0, 0.1) is 17.7 Å². The van der Waals surface area contributed by atoms with Gasteiger partial charge in [-0.25, -0.2) is 12.8 Å². The van der Waals surface area contributed by atoms with Crippen molar-refractivity contribution in [1.29, 1.82) is 0 Å². The van der Waals surface area contributed by atoms with Gasteiger partial charge in [-0.3, -0.25) is 4.79 Å². The maximum Gasteiger partial charge on any atom is 0.244 e. The van der Waals surface area contributed by atoms with Crippen molar-refractivity contribution in [3.8, 4) is 0 Å². The van der Waals surface area contributed by atoms with Gasteiger partial charge < -0.3 is 4.90 Å². The minimum atomic E-state index is -4.10. The van der Waals surface area contributed by atoms with Crippen molar-refractivity contribution in [2.75, 3.05) is 13.1 Å². The van der Waals surface area contributed by atoms with Gasteiger partial charge in [0.2, 0.25) is 15.9 Å². The highest BCUT2D eigenvalue weighted by molar-refractivity contribution is 7.89. The van der Waals surface area contributed by atoms with Gasteiger partial charge in [0, 0.05) is 13.1 Å². The molecule has 1 heterocycles. The highest BCUT2D eigenvalue weighted by atomic mass is 32.2. The van der Waals surface area contributed by atoms with Gasteiger partial charge >= 0.3 is 0 Å². The summed E-state index contributed by atoms with van der Waals surface area (Å²) in [6, 6.07) is 4.27. The number of hydrogen-bond acceptors (Lipinski definition) is 3. The molecule has 1 aliphatic rings. The van der Waals surface area contributed by atoms with Gasteiger partial charge in [0.25, 0.3) is 0 Å². The normalized spacial score (nSPS) is 18.0. The van der Waals surface area contributed by atoms with Crippen molar-refractivity contribution in [2.45, 2.75) is 44.6 Å². The summed E-state index contributed by atoms with van der Waals surface area (Å²) in [5.74, 6) is -0.733. The number of piperidine rings is 1. The van der Waals surface area contributed by atoms with E-state index in [2.05, 4.69) is 11.6 Å². The Morgan fingerprint density at radius 2 is 1.83 bits per heavy atom. The third-order valence-corrected chi connectivity index (χ3v) is 5.91. The van der Waals surface area contributed by atoms with Crippen molar-refractivity contribution in [2.24, 2.45) is 11.8 Å². The maximum absolute atomic E-state index is 13.8. The maximum atomic E-state index is 13.8. The number of amides is 1. The summed E-state index contributed by atoms with van der Waals surface area (Å²) in [5, 5.41) is 0. The molecule has 5 nitrogen and oxygen atoms in total. The molecule has 0 spiro atoms.